The molecule has 0 saturated carbocycles. The van der Waals surface area contributed by atoms with E-state index in [2.05, 4.69) is 12.2 Å². The highest BCUT2D eigenvalue weighted by Crippen LogP contribution is 2.03. The maximum Gasteiger partial charge on any atom is 0.189 e. The normalized spacial score (nSPS) is 9.62. The summed E-state index contributed by atoms with van der Waals surface area (Å²) in [4.78, 5) is 0. The lowest BCUT2D eigenvalue weighted by atomic mass is 10.2. The van der Waals surface area contributed by atoms with Crippen molar-refractivity contribution in [3.8, 4) is 6.07 Å². The van der Waals surface area contributed by atoms with Crippen molar-refractivity contribution in [1.82, 2.24) is 0 Å². The summed E-state index contributed by atoms with van der Waals surface area (Å²) >= 11 is 4.37. The number of ether oxygens (including phenoxy) is 1. The van der Waals surface area contributed by atoms with Crippen LogP contribution in [0.3, 0.4) is 0 Å². The summed E-state index contributed by atoms with van der Waals surface area (Å²) in [5.41, 5.74) is 0.338. The highest BCUT2D eigenvalue weighted by atomic mass is 32.1. The Morgan fingerprint density at radius 1 is 1.75 bits per heavy atom. The predicted molar refractivity (Wildman–Crippen MR) is 34.4 cm³/mol. The van der Waals surface area contributed by atoms with Crippen LogP contribution in [0.25, 0.3) is 0 Å². The van der Waals surface area contributed by atoms with Gasteiger partial charge in [0.05, 0.1) is 0 Å². The molecule has 8 heavy (non-hydrogen) atoms. The van der Waals surface area contributed by atoms with E-state index >= 15 is 0 Å². The van der Waals surface area contributed by atoms with Crippen molar-refractivity contribution in [2.75, 3.05) is 0 Å². The quantitative estimate of drug-likeness (QED) is 0.526. The predicted octanol–water partition coefficient (Wildman–Crippen LogP) is 1.26. The van der Waals surface area contributed by atoms with E-state index in [-0.39, 0.29) is 0 Å². The maximum absolute atomic E-state index is 8.28. The van der Waals surface area contributed by atoms with Gasteiger partial charge in [-0.25, -0.2) is 0 Å². The molecule has 0 aliphatic carbocycles. The Morgan fingerprint density at radius 3 is 2.38 bits per heavy atom. The van der Waals surface area contributed by atoms with Gasteiger partial charge in [0.15, 0.2) is 5.60 Å². The third-order valence-electron chi connectivity index (χ3n) is 0.612. The molecule has 0 spiro atoms. The summed E-state index contributed by atoms with van der Waals surface area (Å²) in [6.45, 7) is 3.30. The second kappa shape index (κ2) is 2.63. The first kappa shape index (κ1) is 7.38. The molecule has 0 bridgehead atoms. The van der Waals surface area contributed by atoms with E-state index in [1.54, 1.807) is 13.8 Å². The monoisotopic (exact) mass is 129 g/mol. The van der Waals surface area contributed by atoms with E-state index in [9.17, 15) is 0 Å². The minimum atomic E-state index is -0.762. The van der Waals surface area contributed by atoms with Crippen molar-refractivity contribution in [3.63, 3.8) is 0 Å². The molecule has 0 aromatic carbocycles. The van der Waals surface area contributed by atoms with Crippen LogP contribution in [0.15, 0.2) is 0 Å². The van der Waals surface area contributed by atoms with Gasteiger partial charge in [0.2, 0.25) is 0 Å². The van der Waals surface area contributed by atoms with Crippen LogP contribution >= 0.6 is 12.2 Å². The van der Waals surface area contributed by atoms with E-state index in [4.69, 9.17) is 10.00 Å². The minimum Gasteiger partial charge on any atom is -0.469 e. The minimum absolute atomic E-state index is 0.762. The van der Waals surface area contributed by atoms with E-state index in [0.29, 0.717) is 0 Å². The van der Waals surface area contributed by atoms with Gasteiger partial charge in [0, 0.05) is 0 Å². The van der Waals surface area contributed by atoms with Crippen molar-refractivity contribution >= 4 is 17.8 Å². The first-order chi connectivity index (χ1) is 3.62. The molecule has 0 fully saturated rings. The van der Waals surface area contributed by atoms with E-state index in [0.717, 1.165) is 5.55 Å². The van der Waals surface area contributed by atoms with Crippen LogP contribution in [-0.2, 0) is 4.74 Å². The summed E-state index contributed by atoms with van der Waals surface area (Å²) in [7, 11) is 0. The Morgan fingerprint density at radius 2 is 2.25 bits per heavy atom. The lowest BCUT2D eigenvalue weighted by Gasteiger charge is -2.11. The molecule has 0 heterocycles. The van der Waals surface area contributed by atoms with Crippen LogP contribution in [0.1, 0.15) is 13.8 Å². The molecule has 2 nitrogen and oxygen atoms in total. The maximum atomic E-state index is 8.28. The summed E-state index contributed by atoms with van der Waals surface area (Å²) < 4.78 is 4.71. The van der Waals surface area contributed by atoms with Crippen molar-refractivity contribution in [3.05, 3.63) is 0 Å². The molecule has 0 saturated heterocycles. The standard InChI is InChI=1S/C5H7NOS/c1-5(2,3-6)7-4-8/h4H,1-2H3. The van der Waals surface area contributed by atoms with Crippen molar-refractivity contribution in [2.24, 2.45) is 0 Å². The van der Waals surface area contributed by atoms with Gasteiger partial charge in [0.1, 0.15) is 11.6 Å². The molecule has 0 unspecified atom stereocenters. The highest BCUT2D eigenvalue weighted by molar-refractivity contribution is 7.78. The molecule has 3 heteroatoms. The summed E-state index contributed by atoms with van der Waals surface area (Å²) in [5, 5.41) is 8.28. The third kappa shape index (κ3) is 2.54. The Bertz CT molecular complexity index is 125. The molecule has 0 aromatic heterocycles. The van der Waals surface area contributed by atoms with E-state index in [1.165, 1.54) is 0 Å². The number of thiocarbonyl (C=S) groups is 1. The largest absolute Gasteiger partial charge is 0.469 e. The number of hydrogen-bond acceptors (Lipinski definition) is 3. The van der Waals surface area contributed by atoms with Crippen LogP contribution in [0.5, 0.6) is 0 Å². The van der Waals surface area contributed by atoms with Crippen molar-refractivity contribution in [1.29, 1.82) is 5.26 Å². The second-order valence-corrected chi connectivity index (χ2v) is 2.03. The topological polar surface area (TPSA) is 33.0 Å². The smallest absolute Gasteiger partial charge is 0.189 e. The average Bonchev–Trinajstić information content (AvgIpc) is 1.67. The van der Waals surface area contributed by atoms with Crippen LogP contribution in [0.4, 0.5) is 0 Å². The lowest BCUT2D eigenvalue weighted by molar-refractivity contribution is 0.171. The fraction of sp³-hybridized carbons (Fsp3) is 0.600. The van der Waals surface area contributed by atoms with E-state index < -0.39 is 5.60 Å². The molecule has 0 aromatic rings. The Kier molecular flexibility index (Phi) is 2.43. The third-order valence-corrected chi connectivity index (χ3v) is 0.708. The van der Waals surface area contributed by atoms with Gasteiger partial charge in [-0.3, -0.25) is 0 Å². The molecule has 0 atom stereocenters. The van der Waals surface area contributed by atoms with Gasteiger partial charge in [-0.1, -0.05) is 0 Å². The van der Waals surface area contributed by atoms with Crippen LogP contribution in [0, 0.1) is 11.3 Å². The first-order valence-corrected chi connectivity index (χ1v) is 2.62. The van der Waals surface area contributed by atoms with Gasteiger partial charge < -0.3 is 4.74 Å². The van der Waals surface area contributed by atoms with Crippen molar-refractivity contribution < 1.29 is 4.74 Å². The van der Waals surface area contributed by atoms with Gasteiger partial charge >= 0.3 is 0 Å². The lowest BCUT2D eigenvalue weighted by Crippen LogP contribution is -2.19. The Hall–Kier alpha value is -0.620. The number of rotatable bonds is 2. The molecular formula is C5H7NOS. The molecule has 0 rings (SSSR count). The molecule has 0 aliphatic rings. The van der Waals surface area contributed by atoms with Crippen LogP contribution in [-0.4, -0.2) is 11.2 Å². The van der Waals surface area contributed by atoms with Gasteiger partial charge in [-0.05, 0) is 26.1 Å². The number of hydrogen-bond donors (Lipinski definition) is 0. The zero-order valence-corrected chi connectivity index (χ0v) is 5.66. The Labute approximate surface area is 54.1 Å². The zero-order chi connectivity index (χ0) is 6.62. The fourth-order valence-electron chi connectivity index (χ4n) is 0.147. The molecule has 0 N–H and O–H groups in total. The second-order valence-electron chi connectivity index (χ2n) is 1.84. The van der Waals surface area contributed by atoms with Gasteiger partial charge in [-0.2, -0.15) is 5.26 Å². The zero-order valence-electron chi connectivity index (χ0n) is 4.84. The van der Waals surface area contributed by atoms with Crippen molar-refractivity contribution in [2.45, 2.75) is 19.4 Å². The molecular weight excluding hydrogens is 122 g/mol. The fourth-order valence-corrected chi connectivity index (χ4v) is 0.387. The average molecular weight is 129 g/mol. The first-order valence-electron chi connectivity index (χ1n) is 2.15. The van der Waals surface area contributed by atoms with E-state index in [1.807, 2.05) is 6.07 Å². The number of nitriles is 1. The number of nitrogens with zero attached hydrogens (tertiary/aromatic N) is 1. The summed E-state index contributed by atoms with van der Waals surface area (Å²) in [6.07, 6.45) is 0. The summed E-state index contributed by atoms with van der Waals surface area (Å²) in [5.74, 6) is 0. The highest BCUT2D eigenvalue weighted by Gasteiger charge is 2.14. The van der Waals surface area contributed by atoms with Gasteiger partial charge in [-0.15, -0.1) is 0 Å². The van der Waals surface area contributed by atoms with Crippen LogP contribution < -0.4 is 0 Å². The SMILES string of the molecule is CC(C)(C#N)OC=S. The summed E-state index contributed by atoms with van der Waals surface area (Å²) in [6, 6.07) is 1.92. The Balaban J connectivity index is 3.76. The van der Waals surface area contributed by atoms with Gasteiger partial charge in [0.25, 0.3) is 0 Å². The molecule has 0 radical (unpaired) electrons. The molecule has 0 aliphatic heterocycles. The molecule has 44 valence electrons. The van der Waals surface area contributed by atoms with Crippen LogP contribution in [0.2, 0.25) is 0 Å². The molecule has 0 amide bonds.